The van der Waals surface area contributed by atoms with Crippen molar-refractivity contribution in [2.45, 2.75) is 13.1 Å². The Labute approximate surface area is 158 Å². The van der Waals surface area contributed by atoms with Gasteiger partial charge in [0.1, 0.15) is 18.3 Å². The molecule has 0 amide bonds. The Morgan fingerprint density at radius 1 is 0.852 bits per heavy atom. The number of anilines is 2. The maximum atomic E-state index is 6.47. The van der Waals surface area contributed by atoms with Crippen LogP contribution in [0.2, 0.25) is 0 Å². The van der Waals surface area contributed by atoms with Crippen molar-refractivity contribution in [1.29, 1.82) is 0 Å². The van der Waals surface area contributed by atoms with Gasteiger partial charge in [-0.1, -0.05) is 60.7 Å². The Kier molecular flexibility index (Phi) is 4.78. The highest BCUT2D eigenvalue weighted by Gasteiger charge is 2.17. The summed E-state index contributed by atoms with van der Waals surface area (Å²) < 4.78 is 1.80. The van der Waals surface area contributed by atoms with E-state index in [2.05, 4.69) is 44.1 Å². The van der Waals surface area contributed by atoms with Crippen molar-refractivity contribution in [3.05, 3.63) is 96.8 Å². The molecule has 6 heteroatoms. The van der Waals surface area contributed by atoms with Crippen LogP contribution in [0.25, 0.3) is 5.82 Å². The first-order chi connectivity index (χ1) is 13.3. The molecule has 2 aromatic heterocycles. The lowest BCUT2D eigenvalue weighted by atomic mass is 10.1. The predicted molar refractivity (Wildman–Crippen MR) is 106 cm³/mol. The van der Waals surface area contributed by atoms with Crippen molar-refractivity contribution < 1.29 is 0 Å². The third kappa shape index (κ3) is 3.79. The van der Waals surface area contributed by atoms with Crippen molar-refractivity contribution in [1.82, 2.24) is 19.5 Å². The topological polar surface area (TPSA) is 72.9 Å². The molecule has 0 spiro atoms. The highest BCUT2D eigenvalue weighted by Crippen LogP contribution is 2.27. The first kappa shape index (κ1) is 16.8. The Hall–Kier alpha value is -3.67. The number of hydrogen-bond acceptors (Lipinski definition) is 5. The number of imidazole rings is 1. The van der Waals surface area contributed by atoms with Gasteiger partial charge < -0.3 is 10.6 Å². The molecule has 2 aromatic carbocycles. The zero-order valence-corrected chi connectivity index (χ0v) is 14.8. The molecule has 0 aliphatic carbocycles. The van der Waals surface area contributed by atoms with Gasteiger partial charge in [0, 0.05) is 25.5 Å². The monoisotopic (exact) mass is 356 g/mol. The van der Waals surface area contributed by atoms with E-state index in [1.54, 1.807) is 23.4 Å². The van der Waals surface area contributed by atoms with E-state index in [4.69, 9.17) is 5.73 Å². The molecule has 27 heavy (non-hydrogen) atoms. The minimum absolute atomic E-state index is 0.530. The molecular formula is C21H20N6. The van der Waals surface area contributed by atoms with Crippen molar-refractivity contribution in [2.24, 2.45) is 0 Å². The molecule has 6 nitrogen and oxygen atoms in total. The largest absolute Gasteiger partial charge is 0.393 e. The molecule has 0 fully saturated rings. The smallest absolute Gasteiger partial charge is 0.166 e. The summed E-state index contributed by atoms with van der Waals surface area (Å²) in [5, 5.41) is 0. The number of nitrogens with two attached hydrogens (primary N) is 1. The van der Waals surface area contributed by atoms with Gasteiger partial charge in [-0.3, -0.25) is 4.57 Å². The van der Waals surface area contributed by atoms with Gasteiger partial charge in [0.2, 0.25) is 0 Å². The van der Waals surface area contributed by atoms with E-state index in [0.29, 0.717) is 30.4 Å². The lowest BCUT2D eigenvalue weighted by Gasteiger charge is -2.26. The SMILES string of the molecule is Nc1c(N(Cc2ccccc2)Cc2ccccc2)ncnc1-n1ccnc1. The van der Waals surface area contributed by atoms with Crippen LogP contribution < -0.4 is 10.6 Å². The molecule has 0 saturated heterocycles. The quantitative estimate of drug-likeness (QED) is 0.573. The zero-order valence-electron chi connectivity index (χ0n) is 14.8. The maximum absolute atomic E-state index is 6.47. The van der Waals surface area contributed by atoms with E-state index < -0.39 is 0 Å². The summed E-state index contributed by atoms with van der Waals surface area (Å²) in [5.41, 5.74) is 9.38. The van der Waals surface area contributed by atoms with Crippen LogP contribution in [-0.4, -0.2) is 19.5 Å². The van der Waals surface area contributed by atoms with Crippen LogP contribution in [0.5, 0.6) is 0 Å². The molecule has 134 valence electrons. The number of aromatic nitrogens is 4. The van der Waals surface area contributed by atoms with Crippen molar-refractivity contribution in [3.8, 4) is 5.82 Å². The number of hydrogen-bond donors (Lipinski definition) is 1. The number of nitrogens with zero attached hydrogens (tertiary/aromatic N) is 5. The average Bonchev–Trinajstić information content (AvgIpc) is 3.24. The van der Waals surface area contributed by atoms with Gasteiger partial charge in [0.25, 0.3) is 0 Å². The normalized spacial score (nSPS) is 10.7. The molecule has 4 aromatic rings. The number of rotatable bonds is 6. The minimum Gasteiger partial charge on any atom is -0.393 e. The summed E-state index contributed by atoms with van der Waals surface area (Å²) in [7, 11) is 0. The second-order valence-electron chi connectivity index (χ2n) is 6.23. The van der Waals surface area contributed by atoms with E-state index in [0.717, 1.165) is 0 Å². The summed E-state index contributed by atoms with van der Waals surface area (Å²) in [6.07, 6.45) is 6.75. The minimum atomic E-state index is 0.530. The Morgan fingerprint density at radius 3 is 2.04 bits per heavy atom. The van der Waals surface area contributed by atoms with E-state index in [-0.39, 0.29) is 0 Å². The second kappa shape index (κ2) is 7.70. The van der Waals surface area contributed by atoms with E-state index in [1.807, 2.05) is 42.6 Å². The fraction of sp³-hybridized carbons (Fsp3) is 0.0952. The van der Waals surface area contributed by atoms with Gasteiger partial charge in [0.05, 0.1) is 0 Å². The highest BCUT2D eigenvalue weighted by molar-refractivity contribution is 5.70. The molecule has 0 aliphatic heterocycles. The molecule has 2 N–H and O–H groups in total. The fourth-order valence-corrected chi connectivity index (χ4v) is 3.03. The van der Waals surface area contributed by atoms with Crippen LogP contribution in [0.3, 0.4) is 0 Å². The van der Waals surface area contributed by atoms with Crippen molar-refractivity contribution in [2.75, 3.05) is 10.6 Å². The molecule has 0 bridgehead atoms. The van der Waals surface area contributed by atoms with Gasteiger partial charge in [-0.2, -0.15) is 0 Å². The maximum Gasteiger partial charge on any atom is 0.166 e. The van der Waals surface area contributed by atoms with Crippen LogP contribution in [0.15, 0.2) is 85.7 Å². The molecule has 0 aliphatic rings. The Bertz CT molecular complexity index is 942. The lowest BCUT2D eigenvalue weighted by Crippen LogP contribution is -2.25. The van der Waals surface area contributed by atoms with E-state index in [9.17, 15) is 0 Å². The summed E-state index contributed by atoms with van der Waals surface area (Å²) in [6.45, 7) is 1.39. The molecule has 0 radical (unpaired) electrons. The van der Waals surface area contributed by atoms with Crippen molar-refractivity contribution in [3.63, 3.8) is 0 Å². The summed E-state index contributed by atoms with van der Waals surface area (Å²) in [5.74, 6) is 1.34. The third-order valence-electron chi connectivity index (χ3n) is 4.32. The Balaban J connectivity index is 1.73. The summed E-state index contributed by atoms with van der Waals surface area (Å²) in [4.78, 5) is 15.1. The number of nitrogen functional groups attached to an aromatic ring is 1. The molecule has 0 saturated carbocycles. The van der Waals surface area contributed by atoms with Crippen LogP contribution in [0.4, 0.5) is 11.5 Å². The van der Waals surface area contributed by atoms with Gasteiger partial charge in [-0.15, -0.1) is 0 Å². The van der Waals surface area contributed by atoms with Crippen LogP contribution in [-0.2, 0) is 13.1 Å². The van der Waals surface area contributed by atoms with Gasteiger partial charge >= 0.3 is 0 Å². The predicted octanol–water partition coefficient (Wildman–Crippen LogP) is 3.45. The zero-order chi connectivity index (χ0) is 18.5. The molecule has 0 atom stereocenters. The highest BCUT2D eigenvalue weighted by atomic mass is 15.2. The fourth-order valence-electron chi connectivity index (χ4n) is 3.03. The lowest BCUT2D eigenvalue weighted by molar-refractivity contribution is 0.779. The summed E-state index contributed by atoms with van der Waals surface area (Å²) in [6, 6.07) is 20.6. The van der Waals surface area contributed by atoms with Gasteiger partial charge in [-0.05, 0) is 11.1 Å². The van der Waals surface area contributed by atoms with Crippen LogP contribution in [0, 0.1) is 0 Å². The van der Waals surface area contributed by atoms with Gasteiger partial charge in [-0.25, -0.2) is 15.0 Å². The average molecular weight is 356 g/mol. The standard InChI is InChI=1S/C21H20N6/c22-19-20(26-12-11-23-16-26)24-15-25-21(19)27(13-17-7-3-1-4-8-17)14-18-9-5-2-6-10-18/h1-12,15-16H,13-14,22H2. The van der Waals surface area contributed by atoms with E-state index in [1.165, 1.54) is 11.1 Å². The van der Waals surface area contributed by atoms with E-state index >= 15 is 0 Å². The van der Waals surface area contributed by atoms with Crippen LogP contribution in [0.1, 0.15) is 11.1 Å². The second-order valence-corrected chi connectivity index (χ2v) is 6.23. The van der Waals surface area contributed by atoms with Gasteiger partial charge in [0.15, 0.2) is 11.6 Å². The number of benzene rings is 2. The van der Waals surface area contributed by atoms with Crippen molar-refractivity contribution >= 4 is 11.5 Å². The third-order valence-corrected chi connectivity index (χ3v) is 4.32. The first-order valence-electron chi connectivity index (χ1n) is 8.73. The summed E-state index contributed by atoms with van der Waals surface area (Å²) >= 11 is 0. The molecular weight excluding hydrogens is 336 g/mol. The Morgan fingerprint density at radius 2 is 1.48 bits per heavy atom. The molecule has 0 unspecified atom stereocenters. The van der Waals surface area contributed by atoms with Crippen LogP contribution >= 0.6 is 0 Å². The molecule has 4 rings (SSSR count). The molecule has 2 heterocycles. The first-order valence-corrected chi connectivity index (χ1v) is 8.73.